The molecule has 3 rings (SSSR count). The van der Waals surface area contributed by atoms with Crippen LogP contribution < -0.4 is 10.6 Å². The molecule has 2 aromatic heterocycles. The van der Waals surface area contributed by atoms with Crippen molar-refractivity contribution in [2.24, 2.45) is 0 Å². The summed E-state index contributed by atoms with van der Waals surface area (Å²) >= 11 is 0. The maximum absolute atomic E-state index is 12.3. The highest BCUT2D eigenvalue weighted by molar-refractivity contribution is 5.74. The molecule has 136 valence electrons. The molecule has 0 fully saturated rings. The van der Waals surface area contributed by atoms with Crippen molar-refractivity contribution >= 4 is 6.03 Å². The minimum atomic E-state index is -0.741. The van der Waals surface area contributed by atoms with Crippen molar-refractivity contribution in [2.75, 3.05) is 0 Å². The number of nitrogens with one attached hydrogen (secondary N) is 2. The fourth-order valence-corrected chi connectivity index (χ4v) is 3.10. The molecular formula is C17H25N5O3. The molecule has 1 aliphatic heterocycles. The van der Waals surface area contributed by atoms with E-state index in [-0.39, 0.29) is 18.1 Å². The molecule has 0 bridgehead atoms. The fraction of sp³-hybridized carbons (Fsp3) is 0.588. The van der Waals surface area contributed by atoms with Gasteiger partial charge in [0.05, 0.1) is 12.3 Å². The van der Waals surface area contributed by atoms with Gasteiger partial charge in [0, 0.05) is 25.4 Å². The van der Waals surface area contributed by atoms with E-state index in [0.717, 1.165) is 37.5 Å². The van der Waals surface area contributed by atoms with Gasteiger partial charge in [-0.25, -0.2) is 14.5 Å². The Morgan fingerprint density at radius 3 is 3.12 bits per heavy atom. The van der Waals surface area contributed by atoms with Crippen molar-refractivity contribution in [1.29, 1.82) is 0 Å². The molecule has 8 nitrogen and oxygen atoms in total. The Labute approximate surface area is 146 Å². The molecule has 25 heavy (non-hydrogen) atoms. The second kappa shape index (κ2) is 7.69. The minimum Gasteiger partial charge on any atom is -0.467 e. The number of furan rings is 1. The summed E-state index contributed by atoms with van der Waals surface area (Å²) in [7, 11) is 0. The Kier molecular flexibility index (Phi) is 5.37. The number of carbonyl (C=O) groups excluding carboxylic acids is 1. The largest absolute Gasteiger partial charge is 0.467 e. The highest BCUT2D eigenvalue weighted by Gasteiger charge is 2.26. The molecule has 0 aromatic carbocycles. The summed E-state index contributed by atoms with van der Waals surface area (Å²) in [5.41, 5.74) is 0. The number of amides is 2. The van der Waals surface area contributed by atoms with Gasteiger partial charge in [0.25, 0.3) is 0 Å². The van der Waals surface area contributed by atoms with E-state index < -0.39 is 6.10 Å². The zero-order chi connectivity index (χ0) is 17.8. The van der Waals surface area contributed by atoms with Gasteiger partial charge in [-0.15, -0.1) is 0 Å². The van der Waals surface area contributed by atoms with E-state index in [2.05, 4.69) is 20.7 Å². The van der Waals surface area contributed by atoms with Crippen molar-refractivity contribution in [1.82, 2.24) is 25.4 Å². The number of hydrogen-bond donors (Lipinski definition) is 3. The lowest BCUT2D eigenvalue weighted by Crippen LogP contribution is -2.44. The van der Waals surface area contributed by atoms with Crippen LogP contribution in [-0.4, -0.2) is 31.9 Å². The number of aryl methyl sites for hydroxylation is 2. The highest BCUT2D eigenvalue weighted by atomic mass is 16.4. The lowest BCUT2D eigenvalue weighted by molar-refractivity contribution is 0.129. The molecule has 0 spiro atoms. The summed E-state index contributed by atoms with van der Waals surface area (Å²) in [6.07, 6.45) is 3.74. The average Bonchev–Trinajstić information content (AvgIpc) is 3.24. The average molecular weight is 347 g/mol. The smallest absolute Gasteiger partial charge is 0.315 e. The SMILES string of the molecule is CCc1nc2n(n1)CCCC2NC(=O)NC(C)CC(O)c1ccco1. The van der Waals surface area contributed by atoms with Crippen LogP contribution in [0, 0.1) is 0 Å². The van der Waals surface area contributed by atoms with Crippen LogP contribution in [-0.2, 0) is 13.0 Å². The molecule has 1 aliphatic rings. The van der Waals surface area contributed by atoms with E-state index >= 15 is 0 Å². The van der Waals surface area contributed by atoms with E-state index in [4.69, 9.17) is 4.42 Å². The number of aliphatic hydroxyl groups is 1. The number of nitrogens with zero attached hydrogens (tertiary/aromatic N) is 3. The number of aliphatic hydroxyl groups excluding tert-OH is 1. The Morgan fingerprint density at radius 1 is 1.56 bits per heavy atom. The van der Waals surface area contributed by atoms with Gasteiger partial charge in [0.15, 0.2) is 5.82 Å². The van der Waals surface area contributed by atoms with Crippen molar-refractivity contribution < 1.29 is 14.3 Å². The van der Waals surface area contributed by atoms with Gasteiger partial charge in [-0.05, 0) is 31.9 Å². The first-order chi connectivity index (χ1) is 12.1. The van der Waals surface area contributed by atoms with Gasteiger partial charge < -0.3 is 20.2 Å². The summed E-state index contributed by atoms with van der Waals surface area (Å²) < 4.78 is 7.06. The number of fused-ring (bicyclic) bond motifs is 1. The molecule has 3 unspecified atom stereocenters. The Balaban J connectivity index is 1.53. The van der Waals surface area contributed by atoms with Gasteiger partial charge in [-0.2, -0.15) is 5.10 Å². The van der Waals surface area contributed by atoms with E-state index in [1.807, 2.05) is 18.5 Å². The Bertz CT molecular complexity index is 697. The second-order valence-corrected chi connectivity index (χ2v) is 6.44. The van der Waals surface area contributed by atoms with Gasteiger partial charge in [-0.1, -0.05) is 6.92 Å². The number of hydrogen-bond acceptors (Lipinski definition) is 5. The molecule has 0 radical (unpaired) electrons. The van der Waals surface area contributed by atoms with E-state index in [1.54, 1.807) is 12.1 Å². The van der Waals surface area contributed by atoms with Crippen LogP contribution in [0.25, 0.3) is 0 Å². The predicted octanol–water partition coefficient (Wildman–Crippen LogP) is 2.08. The first-order valence-corrected chi connectivity index (χ1v) is 8.79. The lowest BCUT2D eigenvalue weighted by atomic mass is 10.1. The topological polar surface area (TPSA) is 105 Å². The van der Waals surface area contributed by atoms with Crippen LogP contribution in [0.3, 0.4) is 0 Å². The normalized spacial score (nSPS) is 19.1. The Morgan fingerprint density at radius 2 is 2.40 bits per heavy atom. The van der Waals surface area contributed by atoms with E-state index in [1.165, 1.54) is 6.26 Å². The standard InChI is InChI=1S/C17H25N5O3/c1-3-15-20-16-12(6-4-8-22(16)21-15)19-17(24)18-11(2)10-13(23)14-7-5-9-25-14/h5,7,9,11-13,23H,3-4,6,8,10H2,1-2H3,(H2,18,19,24). The second-order valence-electron chi connectivity index (χ2n) is 6.44. The number of rotatable bonds is 6. The van der Waals surface area contributed by atoms with E-state index in [0.29, 0.717) is 12.2 Å². The van der Waals surface area contributed by atoms with Crippen molar-refractivity contribution in [3.8, 4) is 0 Å². The molecule has 0 saturated carbocycles. The first-order valence-electron chi connectivity index (χ1n) is 8.79. The molecule has 0 aliphatic carbocycles. The molecule has 0 saturated heterocycles. The van der Waals surface area contributed by atoms with Gasteiger partial charge in [-0.3, -0.25) is 0 Å². The summed E-state index contributed by atoms with van der Waals surface area (Å²) in [5.74, 6) is 2.13. The van der Waals surface area contributed by atoms with E-state index in [9.17, 15) is 9.90 Å². The summed E-state index contributed by atoms with van der Waals surface area (Å²) in [5, 5.41) is 20.4. The van der Waals surface area contributed by atoms with Crippen molar-refractivity contribution in [3.05, 3.63) is 35.8 Å². The van der Waals surface area contributed by atoms with Crippen molar-refractivity contribution in [2.45, 2.75) is 64.3 Å². The minimum absolute atomic E-state index is 0.135. The third-order valence-electron chi connectivity index (χ3n) is 4.37. The monoisotopic (exact) mass is 347 g/mol. The first kappa shape index (κ1) is 17.5. The number of urea groups is 1. The third kappa shape index (κ3) is 4.19. The molecule has 8 heteroatoms. The fourth-order valence-electron chi connectivity index (χ4n) is 3.10. The molecule has 2 amide bonds. The predicted molar refractivity (Wildman–Crippen MR) is 90.8 cm³/mol. The molecular weight excluding hydrogens is 322 g/mol. The summed E-state index contributed by atoms with van der Waals surface area (Å²) in [6.45, 7) is 4.71. The summed E-state index contributed by atoms with van der Waals surface area (Å²) in [4.78, 5) is 16.8. The van der Waals surface area contributed by atoms with Crippen molar-refractivity contribution in [3.63, 3.8) is 0 Å². The quantitative estimate of drug-likeness (QED) is 0.742. The maximum Gasteiger partial charge on any atom is 0.315 e. The molecule has 3 heterocycles. The van der Waals surface area contributed by atoms with Gasteiger partial charge >= 0.3 is 6.03 Å². The molecule has 3 atom stereocenters. The van der Waals surface area contributed by atoms with Gasteiger partial charge in [0.1, 0.15) is 17.7 Å². The summed E-state index contributed by atoms with van der Waals surface area (Å²) in [6, 6.07) is 2.85. The number of aromatic nitrogens is 3. The van der Waals surface area contributed by atoms with Crippen LogP contribution in [0.5, 0.6) is 0 Å². The van der Waals surface area contributed by atoms with Crippen LogP contribution >= 0.6 is 0 Å². The molecule has 2 aromatic rings. The lowest BCUT2D eigenvalue weighted by Gasteiger charge is -2.24. The third-order valence-corrected chi connectivity index (χ3v) is 4.37. The zero-order valence-corrected chi connectivity index (χ0v) is 14.6. The van der Waals surface area contributed by atoms with Crippen LogP contribution in [0.2, 0.25) is 0 Å². The highest BCUT2D eigenvalue weighted by Crippen LogP contribution is 2.23. The zero-order valence-electron chi connectivity index (χ0n) is 14.6. The van der Waals surface area contributed by atoms with Crippen LogP contribution in [0.4, 0.5) is 4.79 Å². The number of carbonyl (C=O) groups is 1. The maximum atomic E-state index is 12.3. The van der Waals surface area contributed by atoms with Crippen LogP contribution in [0.1, 0.15) is 62.7 Å². The van der Waals surface area contributed by atoms with Crippen LogP contribution in [0.15, 0.2) is 22.8 Å². The molecule has 3 N–H and O–H groups in total. The van der Waals surface area contributed by atoms with Gasteiger partial charge in [0.2, 0.25) is 0 Å². The Hall–Kier alpha value is -2.35.